The minimum Gasteiger partial charge on any atom is -0.276 e. The van der Waals surface area contributed by atoms with Crippen molar-refractivity contribution in [3.63, 3.8) is 0 Å². The summed E-state index contributed by atoms with van der Waals surface area (Å²) in [4.78, 5) is 9.80. The highest BCUT2D eigenvalue weighted by Gasteiger charge is 2.13. The molecule has 5 rings (SSSR count). The van der Waals surface area contributed by atoms with Gasteiger partial charge in [0, 0.05) is 22.4 Å². The molecular formula is C23H16ClN3S. The summed E-state index contributed by atoms with van der Waals surface area (Å²) in [6, 6.07) is 28.4. The Morgan fingerprint density at radius 2 is 1.57 bits per heavy atom. The fraction of sp³-hybridized carbons (Fsp3) is 0.0435. The van der Waals surface area contributed by atoms with Gasteiger partial charge in [-0.3, -0.25) is 4.40 Å². The molecule has 2 heterocycles. The predicted octanol–water partition coefficient (Wildman–Crippen LogP) is 6.50. The predicted molar refractivity (Wildman–Crippen MR) is 117 cm³/mol. The van der Waals surface area contributed by atoms with Crippen molar-refractivity contribution in [3.05, 3.63) is 95.5 Å². The zero-order valence-electron chi connectivity index (χ0n) is 14.9. The van der Waals surface area contributed by atoms with E-state index in [1.54, 1.807) is 11.8 Å². The Hall–Kier alpha value is -2.82. The van der Waals surface area contributed by atoms with Crippen LogP contribution in [0.15, 0.2) is 90.0 Å². The standard InChI is InChI=1S/C23H16ClN3S/c24-18-11-5-4-10-17(18)15-28-22-14-21-25-19-12-6-7-13-20(19)27(21)23(26-22)16-8-2-1-3-9-16/h1-14H,15H2. The molecule has 5 heteroatoms. The average Bonchev–Trinajstić information content (AvgIpc) is 3.12. The summed E-state index contributed by atoms with van der Waals surface area (Å²) in [5.74, 6) is 1.66. The van der Waals surface area contributed by atoms with E-state index in [-0.39, 0.29) is 0 Å². The number of thioether (sulfide) groups is 1. The molecule has 136 valence electrons. The number of nitrogens with zero attached hydrogens (tertiary/aromatic N) is 3. The molecule has 0 fully saturated rings. The van der Waals surface area contributed by atoms with Crippen molar-refractivity contribution < 1.29 is 0 Å². The molecule has 28 heavy (non-hydrogen) atoms. The Balaban J connectivity index is 1.65. The summed E-state index contributed by atoms with van der Waals surface area (Å²) in [6.45, 7) is 0. The molecule has 0 N–H and O–H groups in total. The minimum atomic E-state index is 0.761. The van der Waals surface area contributed by atoms with E-state index in [2.05, 4.69) is 28.7 Å². The van der Waals surface area contributed by atoms with Crippen LogP contribution in [0.25, 0.3) is 28.1 Å². The first-order chi connectivity index (χ1) is 13.8. The summed E-state index contributed by atoms with van der Waals surface area (Å²) < 4.78 is 2.13. The highest BCUT2D eigenvalue weighted by atomic mass is 35.5. The van der Waals surface area contributed by atoms with Gasteiger partial charge in [-0.2, -0.15) is 0 Å². The van der Waals surface area contributed by atoms with Crippen LogP contribution < -0.4 is 0 Å². The monoisotopic (exact) mass is 401 g/mol. The van der Waals surface area contributed by atoms with Gasteiger partial charge < -0.3 is 0 Å². The summed E-state index contributed by atoms with van der Waals surface area (Å²) in [7, 11) is 0. The third kappa shape index (κ3) is 3.15. The number of rotatable bonds is 4. The van der Waals surface area contributed by atoms with E-state index in [0.717, 1.165) is 49.4 Å². The lowest BCUT2D eigenvalue weighted by atomic mass is 10.2. The summed E-state index contributed by atoms with van der Waals surface area (Å²) >= 11 is 7.99. The first-order valence-electron chi connectivity index (χ1n) is 8.99. The summed E-state index contributed by atoms with van der Waals surface area (Å²) in [6.07, 6.45) is 0. The van der Waals surface area contributed by atoms with E-state index in [0.29, 0.717) is 0 Å². The van der Waals surface area contributed by atoms with Gasteiger partial charge in [0.25, 0.3) is 0 Å². The van der Waals surface area contributed by atoms with E-state index in [1.807, 2.05) is 60.7 Å². The van der Waals surface area contributed by atoms with Crippen LogP contribution in [0.3, 0.4) is 0 Å². The van der Waals surface area contributed by atoms with Gasteiger partial charge in [-0.05, 0) is 23.8 Å². The maximum Gasteiger partial charge on any atom is 0.147 e. The molecule has 0 atom stereocenters. The highest BCUT2D eigenvalue weighted by molar-refractivity contribution is 7.98. The molecule has 0 spiro atoms. The number of halogens is 1. The zero-order chi connectivity index (χ0) is 18.9. The van der Waals surface area contributed by atoms with Crippen molar-refractivity contribution >= 4 is 40.0 Å². The van der Waals surface area contributed by atoms with Gasteiger partial charge in [-0.15, -0.1) is 11.8 Å². The van der Waals surface area contributed by atoms with Crippen LogP contribution in [0.1, 0.15) is 5.56 Å². The Kier molecular flexibility index (Phi) is 4.51. The summed E-state index contributed by atoms with van der Waals surface area (Å²) in [5, 5.41) is 1.72. The van der Waals surface area contributed by atoms with Gasteiger partial charge in [0.05, 0.1) is 11.0 Å². The lowest BCUT2D eigenvalue weighted by Crippen LogP contribution is -1.98. The van der Waals surface area contributed by atoms with E-state index in [9.17, 15) is 0 Å². The second kappa shape index (κ2) is 7.30. The molecule has 0 unspecified atom stereocenters. The Morgan fingerprint density at radius 3 is 2.43 bits per heavy atom. The maximum absolute atomic E-state index is 6.32. The molecular weight excluding hydrogens is 386 g/mol. The second-order valence-electron chi connectivity index (χ2n) is 6.46. The lowest BCUT2D eigenvalue weighted by molar-refractivity contribution is 1.03. The van der Waals surface area contributed by atoms with Crippen LogP contribution in [0.4, 0.5) is 0 Å². The fourth-order valence-corrected chi connectivity index (χ4v) is 4.46. The quantitative estimate of drug-likeness (QED) is 0.254. The number of para-hydroxylation sites is 2. The van der Waals surface area contributed by atoms with Crippen LogP contribution >= 0.6 is 23.4 Å². The van der Waals surface area contributed by atoms with Gasteiger partial charge in [-0.25, -0.2) is 9.97 Å². The highest BCUT2D eigenvalue weighted by Crippen LogP contribution is 2.30. The molecule has 0 aliphatic carbocycles. The smallest absolute Gasteiger partial charge is 0.147 e. The molecule has 3 nitrogen and oxygen atoms in total. The third-order valence-corrected chi connectivity index (χ3v) is 5.96. The van der Waals surface area contributed by atoms with Crippen LogP contribution in [0, 0.1) is 0 Å². The Morgan fingerprint density at radius 1 is 0.821 bits per heavy atom. The van der Waals surface area contributed by atoms with Crippen molar-refractivity contribution in [1.82, 2.24) is 14.4 Å². The van der Waals surface area contributed by atoms with Crippen LogP contribution in [-0.4, -0.2) is 14.4 Å². The number of imidazole rings is 1. The molecule has 0 saturated heterocycles. The van der Waals surface area contributed by atoms with E-state index in [4.69, 9.17) is 21.6 Å². The molecule has 0 radical (unpaired) electrons. The molecule has 0 bridgehead atoms. The topological polar surface area (TPSA) is 30.2 Å². The molecule has 0 aliphatic rings. The second-order valence-corrected chi connectivity index (χ2v) is 7.86. The maximum atomic E-state index is 6.32. The number of fused-ring (bicyclic) bond motifs is 3. The molecule has 0 saturated carbocycles. The first-order valence-corrected chi connectivity index (χ1v) is 10.4. The van der Waals surface area contributed by atoms with Crippen molar-refractivity contribution in [1.29, 1.82) is 0 Å². The molecule has 0 amide bonds. The molecule has 3 aromatic carbocycles. The van der Waals surface area contributed by atoms with E-state index >= 15 is 0 Å². The van der Waals surface area contributed by atoms with Gasteiger partial charge in [-0.1, -0.05) is 72.3 Å². The van der Waals surface area contributed by atoms with E-state index < -0.39 is 0 Å². The fourth-order valence-electron chi connectivity index (χ4n) is 3.28. The van der Waals surface area contributed by atoms with Crippen LogP contribution in [0.2, 0.25) is 5.02 Å². The van der Waals surface area contributed by atoms with E-state index in [1.165, 1.54) is 0 Å². The van der Waals surface area contributed by atoms with Gasteiger partial charge in [0.15, 0.2) is 0 Å². The number of hydrogen-bond donors (Lipinski definition) is 0. The third-order valence-electron chi connectivity index (χ3n) is 4.63. The molecule has 5 aromatic rings. The molecule has 0 aliphatic heterocycles. The van der Waals surface area contributed by atoms with Crippen molar-refractivity contribution in [2.75, 3.05) is 0 Å². The zero-order valence-corrected chi connectivity index (χ0v) is 16.5. The largest absolute Gasteiger partial charge is 0.276 e. The minimum absolute atomic E-state index is 0.761. The average molecular weight is 402 g/mol. The molecule has 2 aromatic heterocycles. The SMILES string of the molecule is Clc1ccccc1CSc1cc2nc3ccccc3n2c(-c2ccccc2)n1. The number of benzene rings is 3. The van der Waals surface area contributed by atoms with Crippen molar-refractivity contribution in [3.8, 4) is 11.4 Å². The Labute approximate surface area is 172 Å². The number of hydrogen-bond acceptors (Lipinski definition) is 3. The van der Waals surface area contributed by atoms with Crippen molar-refractivity contribution in [2.45, 2.75) is 10.8 Å². The van der Waals surface area contributed by atoms with Crippen LogP contribution in [-0.2, 0) is 5.75 Å². The lowest BCUT2D eigenvalue weighted by Gasteiger charge is -2.09. The van der Waals surface area contributed by atoms with Gasteiger partial charge in [0.2, 0.25) is 0 Å². The normalized spacial score (nSPS) is 11.3. The first kappa shape index (κ1) is 17.3. The summed E-state index contributed by atoms with van der Waals surface area (Å²) in [5.41, 5.74) is 5.10. The number of aromatic nitrogens is 3. The van der Waals surface area contributed by atoms with Gasteiger partial charge >= 0.3 is 0 Å². The van der Waals surface area contributed by atoms with Crippen molar-refractivity contribution in [2.24, 2.45) is 0 Å². The van der Waals surface area contributed by atoms with Gasteiger partial charge in [0.1, 0.15) is 16.5 Å². The Bertz CT molecular complexity index is 1280. The van der Waals surface area contributed by atoms with Crippen LogP contribution in [0.5, 0.6) is 0 Å².